The van der Waals surface area contributed by atoms with Gasteiger partial charge in [0.25, 0.3) is 0 Å². The normalized spacial score (nSPS) is 22.0. The van der Waals surface area contributed by atoms with Gasteiger partial charge in [-0.3, -0.25) is 4.79 Å². The first-order chi connectivity index (χ1) is 6.79. The standard InChI is InChI=1S/C10H19NO2S/c1-2-11(6-7-12)10(13)9-5-3-4-8-14-9/h9,12H,2-8H2,1H3. The molecule has 1 N–H and O–H groups in total. The minimum absolute atomic E-state index is 0.0664. The molecule has 1 aliphatic heterocycles. The van der Waals surface area contributed by atoms with Gasteiger partial charge in [0.2, 0.25) is 5.91 Å². The van der Waals surface area contributed by atoms with Crippen molar-refractivity contribution in [3.05, 3.63) is 0 Å². The summed E-state index contributed by atoms with van der Waals surface area (Å²) in [6.07, 6.45) is 3.41. The molecule has 3 nitrogen and oxygen atoms in total. The second kappa shape index (κ2) is 6.30. The first-order valence-corrected chi connectivity index (χ1v) is 6.35. The van der Waals surface area contributed by atoms with Crippen molar-refractivity contribution in [3.63, 3.8) is 0 Å². The molecule has 0 saturated carbocycles. The lowest BCUT2D eigenvalue weighted by atomic mass is 10.1. The molecule has 1 fully saturated rings. The molecule has 1 aliphatic rings. The summed E-state index contributed by atoms with van der Waals surface area (Å²) in [5, 5.41) is 8.96. The summed E-state index contributed by atoms with van der Waals surface area (Å²) in [4.78, 5) is 13.7. The Morgan fingerprint density at radius 2 is 2.36 bits per heavy atom. The van der Waals surface area contributed by atoms with Crippen LogP contribution in [0.2, 0.25) is 0 Å². The Hall–Kier alpha value is -0.220. The fourth-order valence-electron chi connectivity index (χ4n) is 1.68. The number of rotatable bonds is 4. The number of amides is 1. The van der Waals surface area contributed by atoms with Gasteiger partial charge in [0.05, 0.1) is 11.9 Å². The molecule has 0 aliphatic carbocycles. The van der Waals surface area contributed by atoms with E-state index in [9.17, 15) is 4.79 Å². The number of nitrogens with zero attached hydrogens (tertiary/aromatic N) is 1. The summed E-state index contributed by atoms with van der Waals surface area (Å²) in [5.41, 5.74) is 0. The van der Waals surface area contributed by atoms with Crippen molar-refractivity contribution in [1.82, 2.24) is 4.90 Å². The first-order valence-electron chi connectivity index (χ1n) is 5.30. The predicted molar refractivity (Wildman–Crippen MR) is 59.4 cm³/mol. The van der Waals surface area contributed by atoms with Gasteiger partial charge in [0, 0.05) is 13.1 Å². The minimum Gasteiger partial charge on any atom is -0.395 e. The maximum atomic E-state index is 11.9. The molecular weight excluding hydrogens is 198 g/mol. The molecular formula is C10H19NO2S. The quantitative estimate of drug-likeness (QED) is 0.767. The van der Waals surface area contributed by atoms with Crippen LogP contribution in [0.15, 0.2) is 0 Å². The molecule has 82 valence electrons. The fourth-order valence-corrected chi connectivity index (χ4v) is 2.96. The molecule has 0 spiro atoms. The molecule has 4 heteroatoms. The van der Waals surface area contributed by atoms with Crippen molar-refractivity contribution in [3.8, 4) is 0 Å². The van der Waals surface area contributed by atoms with Crippen molar-refractivity contribution >= 4 is 17.7 Å². The van der Waals surface area contributed by atoms with Crippen molar-refractivity contribution in [1.29, 1.82) is 0 Å². The van der Waals surface area contributed by atoms with Crippen LogP contribution in [-0.4, -0.2) is 46.6 Å². The predicted octanol–water partition coefficient (Wildman–Crippen LogP) is 1.11. The van der Waals surface area contributed by atoms with E-state index in [0.29, 0.717) is 13.1 Å². The zero-order valence-electron chi connectivity index (χ0n) is 8.74. The Balaban J connectivity index is 2.43. The van der Waals surface area contributed by atoms with E-state index in [1.165, 1.54) is 12.8 Å². The van der Waals surface area contributed by atoms with Crippen molar-refractivity contribution in [2.45, 2.75) is 31.4 Å². The lowest BCUT2D eigenvalue weighted by molar-refractivity contribution is -0.131. The number of aliphatic hydroxyl groups is 1. The van der Waals surface area contributed by atoms with E-state index in [1.807, 2.05) is 6.92 Å². The van der Waals surface area contributed by atoms with Gasteiger partial charge < -0.3 is 10.0 Å². The number of thioether (sulfide) groups is 1. The first kappa shape index (κ1) is 11.9. The summed E-state index contributed by atoms with van der Waals surface area (Å²) in [6.45, 7) is 3.21. The molecule has 0 bridgehead atoms. The van der Waals surface area contributed by atoms with Gasteiger partial charge in [-0.25, -0.2) is 0 Å². The molecule has 0 aromatic rings. The lowest BCUT2D eigenvalue weighted by Gasteiger charge is -2.27. The Kier molecular flexibility index (Phi) is 5.33. The maximum Gasteiger partial charge on any atom is 0.235 e. The maximum absolute atomic E-state index is 11.9. The van der Waals surface area contributed by atoms with Gasteiger partial charge >= 0.3 is 0 Å². The third-order valence-corrected chi connectivity index (χ3v) is 3.88. The summed E-state index contributed by atoms with van der Waals surface area (Å²) in [6, 6.07) is 0. The van der Waals surface area contributed by atoms with E-state index in [1.54, 1.807) is 16.7 Å². The van der Waals surface area contributed by atoms with E-state index in [4.69, 9.17) is 5.11 Å². The molecule has 1 heterocycles. The van der Waals surface area contributed by atoms with Crippen LogP contribution in [0.25, 0.3) is 0 Å². The number of carbonyl (C=O) groups excluding carboxylic acids is 1. The highest BCUT2D eigenvalue weighted by atomic mass is 32.2. The average molecular weight is 217 g/mol. The molecule has 14 heavy (non-hydrogen) atoms. The van der Waals surface area contributed by atoms with E-state index in [0.717, 1.165) is 12.2 Å². The van der Waals surface area contributed by atoms with Gasteiger partial charge in [-0.15, -0.1) is 11.8 Å². The van der Waals surface area contributed by atoms with Crippen LogP contribution in [0, 0.1) is 0 Å². The van der Waals surface area contributed by atoms with Gasteiger partial charge in [0.15, 0.2) is 0 Å². The summed E-state index contributed by atoms with van der Waals surface area (Å²) in [5.74, 6) is 1.32. The monoisotopic (exact) mass is 217 g/mol. The van der Waals surface area contributed by atoms with Crippen LogP contribution in [0.3, 0.4) is 0 Å². The van der Waals surface area contributed by atoms with Crippen LogP contribution >= 0.6 is 11.8 Å². The average Bonchev–Trinajstić information content (AvgIpc) is 2.26. The van der Waals surface area contributed by atoms with Crippen molar-refractivity contribution in [2.24, 2.45) is 0 Å². The zero-order chi connectivity index (χ0) is 10.4. The number of hydrogen-bond acceptors (Lipinski definition) is 3. The summed E-state index contributed by atoms with van der Waals surface area (Å²) < 4.78 is 0. The van der Waals surface area contributed by atoms with E-state index >= 15 is 0 Å². The van der Waals surface area contributed by atoms with E-state index in [-0.39, 0.29) is 17.8 Å². The number of hydrogen-bond donors (Lipinski definition) is 1. The molecule has 0 aromatic carbocycles. The van der Waals surface area contributed by atoms with E-state index in [2.05, 4.69) is 0 Å². The van der Waals surface area contributed by atoms with Crippen molar-refractivity contribution < 1.29 is 9.90 Å². The van der Waals surface area contributed by atoms with Gasteiger partial charge in [0.1, 0.15) is 0 Å². The number of carbonyl (C=O) groups is 1. The Bertz CT molecular complexity index is 174. The highest BCUT2D eigenvalue weighted by molar-refractivity contribution is 8.00. The molecule has 1 rings (SSSR count). The molecule has 1 unspecified atom stereocenters. The van der Waals surface area contributed by atoms with Gasteiger partial charge in [-0.1, -0.05) is 6.42 Å². The molecule has 1 atom stereocenters. The Morgan fingerprint density at radius 1 is 1.57 bits per heavy atom. The topological polar surface area (TPSA) is 40.5 Å². The fraction of sp³-hybridized carbons (Fsp3) is 0.900. The lowest BCUT2D eigenvalue weighted by Crippen LogP contribution is -2.40. The molecule has 0 radical (unpaired) electrons. The smallest absolute Gasteiger partial charge is 0.235 e. The Morgan fingerprint density at radius 3 is 2.86 bits per heavy atom. The molecule has 0 aromatic heterocycles. The van der Waals surface area contributed by atoms with Crippen LogP contribution in [0.4, 0.5) is 0 Å². The zero-order valence-corrected chi connectivity index (χ0v) is 9.55. The summed E-state index contributed by atoms with van der Waals surface area (Å²) in [7, 11) is 0. The molecule has 1 saturated heterocycles. The van der Waals surface area contributed by atoms with Crippen LogP contribution in [-0.2, 0) is 4.79 Å². The van der Waals surface area contributed by atoms with Gasteiger partial charge in [-0.05, 0) is 25.5 Å². The van der Waals surface area contributed by atoms with E-state index < -0.39 is 0 Å². The third kappa shape index (κ3) is 3.17. The van der Waals surface area contributed by atoms with Crippen LogP contribution in [0.5, 0.6) is 0 Å². The highest BCUT2D eigenvalue weighted by Gasteiger charge is 2.25. The third-order valence-electron chi connectivity index (χ3n) is 2.52. The van der Waals surface area contributed by atoms with Gasteiger partial charge in [-0.2, -0.15) is 0 Å². The Labute approximate surface area is 89.9 Å². The SMILES string of the molecule is CCN(CCO)C(=O)C1CCCCS1. The van der Waals surface area contributed by atoms with Crippen LogP contribution < -0.4 is 0 Å². The highest BCUT2D eigenvalue weighted by Crippen LogP contribution is 2.26. The van der Waals surface area contributed by atoms with Crippen LogP contribution in [0.1, 0.15) is 26.2 Å². The second-order valence-electron chi connectivity index (χ2n) is 3.50. The largest absolute Gasteiger partial charge is 0.395 e. The number of aliphatic hydroxyl groups excluding tert-OH is 1. The second-order valence-corrected chi connectivity index (χ2v) is 4.81. The van der Waals surface area contributed by atoms with Crippen molar-refractivity contribution in [2.75, 3.05) is 25.4 Å². The number of likely N-dealkylation sites (N-methyl/N-ethyl adjacent to an activating group) is 1. The summed E-state index contributed by atoms with van der Waals surface area (Å²) >= 11 is 1.77. The molecule has 1 amide bonds. The minimum atomic E-state index is 0.0664.